The summed E-state index contributed by atoms with van der Waals surface area (Å²) >= 11 is 0. The van der Waals surface area contributed by atoms with E-state index in [9.17, 15) is 5.26 Å². The van der Waals surface area contributed by atoms with Gasteiger partial charge in [0.1, 0.15) is 0 Å². The van der Waals surface area contributed by atoms with Crippen molar-refractivity contribution >= 4 is 0 Å². The van der Waals surface area contributed by atoms with Crippen molar-refractivity contribution in [1.29, 1.82) is 5.26 Å². The summed E-state index contributed by atoms with van der Waals surface area (Å²) in [7, 11) is 0. The molecule has 1 aliphatic rings. The molecule has 1 fully saturated rings. The molecule has 1 saturated heterocycles. The highest BCUT2D eigenvalue weighted by molar-refractivity contribution is 5.16. The predicted octanol–water partition coefficient (Wildman–Crippen LogP) is 3.29. The van der Waals surface area contributed by atoms with E-state index in [0.717, 1.165) is 11.1 Å². The average molecular weight is 309 g/mol. The minimum atomic E-state index is -2.24. The van der Waals surface area contributed by atoms with Gasteiger partial charge in [0.25, 0.3) is 0 Å². The highest BCUT2D eigenvalue weighted by Crippen LogP contribution is 2.18. The Hall–Kier alpha value is -2.15. The van der Waals surface area contributed by atoms with E-state index in [1.54, 1.807) is 0 Å². The zero-order valence-electron chi connectivity index (χ0n) is 17.0. The fourth-order valence-electron chi connectivity index (χ4n) is 2.76. The summed E-state index contributed by atoms with van der Waals surface area (Å²) in [6, 6.07) is 20.7. The molecule has 1 aliphatic heterocycles. The van der Waals surface area contributed by atoms with Crippen LogP contribution in [-0.4, -0.2) is 35.4 Å². The third kappa shape index (κ3) is 4.41. The maximum absolute atomic E-state index is 9.27. The second kappa shape index (κ2) is 7.92. The van der Waals surface area contributed by atoms with Crippen molar-refractivity contribution in [2.24, 2.45) is 0 Å². The number of benzene rings is 2. The number of hydrogen-bond donors (Lipinski definition) is 0. The van der Waals surface area contributed by atoms with Gasteiger partial charge in [-0.1, -0.05) is 60.7 Å². The van der Waals surface area contributed by atoms with Crippen molar-refractivity contribution in [2.75, 3.05) is 19.5 Å². The van der Waals surface area contributed by atoms with Crippen LogP contribution in [0.1, 0.15) is 23.0 Å². The standard InChI is InChI=1S/C20H23N3/c21-12-11-20-17-22(15-18-7-3-1-4-8-18)13-14-23(20)16-19-9-5-2-6-10-19/h1-10,20H,11,13-17H2/i13D2,14D2. The topological polar surface area (TPSA) is 30.3 Å². The van der Waals surface area contributed by atoms with Crippen LogP contribution in [0.5, 0.6) is 0 Å². The van der Waals surface area contributed by atoms with Gasteiger partial charge >= 0.3 is 0 Å². The van der Waals surface area contributed by atoms with E-state index >= 15 is 0 Å². The van der Waals surface area contributed by atoms with Gasteiger partial charge in [0.15, 0.2) is 0 Å². The Balaban J connectivity index is 1.91. The molecule has 2 aromatic rings. The Morgan fingerprint density at radius 3 is 2.17 bits per heavy atom. The van der Waals surface area contributed by atoms with Crippen LogP contribution in [0.15, 0.2) is 60.7 Å². The van der Waals surface area contributed by atoms with Gasteiger partial charge in [-0.3, -0.25) is 9.80 Å². The van der Waals surface area contributed by atoms with Gasteiger partial charge in [0, 0.05) is 44.2 Å². The molecule has 1 atom stereocenters. The number of rotatable bonds is 5. The molecule has 3 heteroatoms. The van der Waals surface area contributed by atoms with E-state index in [2.05, 4.69) is 6.07 Å². The summed E-state index contributed by atoms with van der Waals surface area (Å²) in [4.78, 5) is 3.03. The van der Waals surface area contributed by atoms with E-state index in [-0.39, 0.29) is 13.0 Å². The SMILES string of the molecule is [2H]C1([2H])N(Cc2ccccc2)CC(CC#N)N(Cc2ccccc2)C1([2H])[2H]. The molecule has 1 heterocycles. The van der Waals surface area contributed by atoms with Gasteiger partial charge in [-0.05, 0) is 11.1 Å². The van der Waals surface area contributed by atoms with Crippen LogP contribution < -0.4 is 0 Å². The summed E-state index contributed by atoms with van der Waals surface area (Å²) in [5.41, 5.74) is 1.82. The third-order valence-corrected chi connectivity index (χ3v) is 3.96. The third-order valence-electron chi connectivity index (χ3n) is 3.96. The second-order valence-corrected chi connectivity index (χ2v) is 5.72. The molecule has 0 N–H and O–H groups in total. The van der Waals surface area contributed by atoms with Gasteiger partial charge in [0.05, 0.1) is 12.5 Å². The van der Waals surface area contributed by atoms with Crippen LogP contribution >= 0.6 is 0 Å². The van der Waals surface area contributed by atoms with Crippen LogP contribution in [0, 0.1) is 11.3 Å². The lowest BCUT2D eigenvalue weighted by molar-refractivity contribution is 0.0662. The van der Waals surface area contributed by atoms with Gasteiger partial charge in [-0.15, -0.1) is 0 Å². The van der Waals surface area contributed by atoms with Crippen LogP contribution in [-0.2, 0) is 13.1 Å². The molecular formula is C20H23N3. The van der Waals surface area contributed by atoms with Gasteiger partial charge in [-0.25, -0.2) is 0 Å². The maximum Gasteiger partial charge on any atom is 0.0638 e. The normalized spacial score (nSPS) is 26.3. The summed E-state index contributed by atoms with van der Waals surface area (Å²) in [5.74, 6) is 0. The van der Waals surface area contributed by atoms with Gasteiger partial charge in [-0.2, -0.15) is 5.26 Å². The van der Waals surface area contributed by atoms with Crippen LogP contribution in [0.25, 0.3) is 0 Å². The van der Waals surface area contributed by atoms with Gasteiger partial charge in [0.2, 0.25) is 0 Å². The van der Waals surface area contributed by atoms with Crippen molar-refractivity contribution in [3.63, 3.8) is 0 Å². The van der Waals surface area contributed by atoms with Crippen LogP contribution in [0.2, 0.25) is 0 Å². The van der Waals surface area contributed by atoms with E-state index in [0.29, 0.717) is 13.1 Å². The zero-order valence-corrected chi connectivity index (χ0v) is 13.0. The Bertz CT molecular complexity index is 790. The summed E-state index contributed by atoms with van der Waals surface area (Å²) < 4.78 is 34.3. The lowest BCUT2D eigenvalue weighted by Crippen LogP contribution is -2.52. The maximum atomic E-state index is 9.27. The minimum absolute atomic E-state index is 0.147. The first kappa shape index (κ1) is 11.4. The fraction of sp³-hybridized carbons (Fsp3) is 0.350. The van der Waals surface area contributed by atoms with E-state index < -0.39 is 19.0 Å². The van der Waals surface area contributed by atoms with Crippen molar-refractivity contribution in [3.05, 3.63) is 71.8 Å². The number of piperazine rings is 1. The molecule has 3 rings (SSSR count). The molecule has 0 radical (unpaired) electrons. The largest absolute Gasteiger partial charge is 0.296 e. The van der Waals surface area contributed by atoms with Crippen molar-refractivity contribution in [1.82, 2.24) is 9.80 Å². The summed E-state index contributed by atoms with van der Waals surface area (Å²) in [6.07, 6.45) is 0.147. The van der Waals surface area contributed by atoms with Crippen molar-refractivity contribution in [2.45, 2.75) is 25.6 Å². The average Bonchev–Trinajstić information content (AvgIpc) is 2.65. The van der Waals surface area contributed by atoms with Crippen molar-refractivity contribution < 1.29 is 5.48 Å². The molecule has 0 bridgehead atoms. The first-order valence-electron chi connectivity index (χ1n) is 9.83. The highest BCUT2D eigenvalue weighted by Gasteiger charge is 2.26. The number of nitriles is 1. The molecule has 1 unspecified atom stereocenters. The molecular weight excluding hydrogens is 282 g/mol. The molecule has 0 amide bonds. The summed E-state index contributed by atoms with van der Waals surface area (Å²) in [5, 5.41) is 9.27. The number of hydrogen-bond acceptors (Lipinski definition) is 3. The molecule has 0 aromatic heterocycles. The van der Waals surface area contributed by atoms with E-state index in [4.69, 9.17) is 5.48 Å². The van der Waals surface area contributed by atoms with Crippen LogP contribution in [0.4, 0.5) is 0 Å². The first-order valence-corrected chi connectivity index (χ1v) is 7.83. The predicted molar refractivity (Wildman–Crippen MR) is 92.6 cm³/mol. The summed E-state index contributed by atoms with van der Waals surface area (Å²) in [6.45, 7) is -3.57. The lowest BCUT2D eigenvalue weighted by Gasteiger charge is -2.40. The number of nitrogens with zero attached hydrogens (tertiary/aromatic N) is 3. The molecule has 118 valence electrons. The van der Waals surface area contributed by atoms with E-state index in [1.807, 2.05) is 60.7 Å². The molecule has 23 heavy (non-hydrogen) atoms. The zero-order chi connectivity index (χ0) is 19.5. The monoisotopic (exact) mass is 309 g/mol. The van der Waals surface area contributed by atoms with Crippen molar-refractivity contribution in [3.8, 4) is 6.07 Å². The Morgan fingerprint density at radius 1 is 0.957 bits per heavy atom. The smallest absolute Gasteiger partial charge is 0.0638 e. The second-order valence-electron chi connectivity index (χ2n) is 5.72. The minimum Gasteiger partial charge on any atom is -0.296 e. The lowest BCUT2D eigenvalue weighted by atomic mass is 10.1. The Kier molecular flexibility index (Phi) is 3.92. The highest BCUT2D eigenvalue weighted by atomic mass is 15.3. The molecule has 3 nitrogen and oxygen atoms in total. The molecule has 2 aromatic carbocycles. The quantitative estimate of drug-likeness (QED) is 0.849. The molecule has 0 aliphatic carbocycles. The first-order chi connectivity index (χ1) is 12.9. The molecule has 0 saturated carbocycles. The fourth-order valence-corrected chi connectivity index (χ4v) is 2.76. The van der Waals surface area contributed by atoms with Gasteiger partial charge < -0.3 is 0 Å². The van der Waals surface area contributed by atoms with Crippen LogP contribution in [0.3, 0.4) is 0 Å². The Labute approximate surface area is 144 Å². The Morgan fingerprint density at radius 2 is 1.57 bits per heavy atom. The molecule has 0 spiro atoms. The van der Waals surface area contributed by atoms with E-state index in [1.165, 1.54) is 9.80 Å².